The van der Waals surface area contributed by atoms with Gasteiger partial charge < -0.3 is 0 Å². The summed E-state index contributed by atoms with van der Waals surface area (Å²) >= 11 is 24.1. The lowest BCUT2D eigenvalue weighted by atomic mass is 10.1. The Labute approximate surface area is 91.9 Å². The van der Waals surface area contributed by atoms with Crippen molar-refractivity contribution < 1.29 is 0 Å². The summed E-state index contributed by atoms with van der Waals surface area (Å²) < 4.78 is 0. The third-order valence-corrected chi connectivity index (χ3v) is 7.36. The van der Waals surface area contributed by atoms with E-state index in [0.717, 1.165) is 6.42 Å². The van der Waals surface area contributed by atoms with Crippen molar-refractivity contribution in [3.05, 3.63) is 12.2 Å². The van der Waals surface area contributed by atoms with Crippen molar-refractivity contribution in [2.75, 3.05) is 0 Å². The topological polar surface area (TPSA) is 0 Å². The molecule has 0 radical (unpaired) electrons. The largest absolute Gasteiger partial charge is 0.346 e. The molecule has 68 valence electrons. The maximum absolute atomic E-state index is 6.19. The number of halogens is 4. The van der Waals surface area contributed by atoms with E-state index in [1.807, 2.05) is 0 Å². The minimum Gasteiger partial charge on any atom is -0.126 e. The number of rotatable bonds is 1. The number of allylic oxidation sites excluding steroid dienone is 2. The van der Waals surface area contributed by atoms with Gasteiger partial charge in [0.25, 0.3) is 0 Å². The van der Waals surface area contributed by atoms with Gasteiger partial charge in [0.2, 0.25) is 0 Å². The van der Waals surface area contributed by atoms with E-state index in [1.54, 1.807) is 0 Å². The van der Waals surface area contributed by atoms with Crippen LogP contribution in [0.1, 0.15) is 6.42 Å². The Hall–Kier alpha value is 1.12. The minimum absolute atomic E-state index is 0.0548. The van der Waals surface area contributed by atoms with Gasteiger partial charge in [0.15, 0.2) is 0 Å². The molecule has 0 N–H and O–H groups in total. The maximum Gasteiger partial charge on any atom is 0.346 e. The third kappa shape index (κ3) is 1.44. The Bertz CT molecular complexity index is 222. The zero-order valence-electron chi connectivity index (χ0n) is 6.18. The van der Waals surface area contributed by atoms with E-state index in [1.165, 1.54) is 0 Å². The highest BCUT2D eigenvalue weighted by Crippen LogP contribution is 2.57. The molecule has 0 aromatic heterocycles. The lowest BCUT2D eigenvalue weighted by molar-refractivity contribution is 0.689. The van der Waals surface area contributed by atoms with E-state index in [-0.39, 0.29) is 10.9 Å². The molecule has 0 spiro atoms. The first kappa shape index (κ1) is 9.66. The molecule has 12 heavy (non-hydrogen) atoms. The van der Waals surface area contributed by atoms with E-state index >= 15 is 0 Å². The Morgan fingerprint density at radius 3 is 2.00 bits per heavy atom. The van der Waals surface area contributed by atoms with E-state index in [9.17, 15) is 0 Å². The number of fused-ring (bicyclic) bond motifs is 2. The fraction of sp³-hybridized carbons (Fsp3) is 0.714. The summed E-state index contributed by atoms with van der Waals surface area (Å²) in [5, 5.41) is 0.0548. The quantitative estimate of drug-likeness (QED) is 0.291. The Morgan fingerprint density at radius 1 is 1.08 bits per heavy atom. The van der Waals surface area contributed by atoms with Crippen LogP contribution in [0.15, 0.2) is 12.2 Å². The number of alkyl halides is 1. The normalized spacial score (nSPS) is 45.7. The van der Waals surface area contributed by atoms with Crippen LogP contribution in [-0.4, -0.2) is 11.4 Å². The Morgan fingerprint density at radius 2 is 1.67 bits per heavy atom. The third-order valence-electron chi connectivity index (χ3n) is 2.74. The monoisotopic (exact) mass is 260 g/mol. The van der Waals surface area contributed by atoms with Crippen molar-refractivity contribution in [3.63, 3.8) is 0 Å². The van der Waals surface area contributed by atoms with Crippen molar-refractivity contribution in [2.24, 2.45) is 11.8 Å². The zero-order chi connectivity index (χ0) is 8.93. The summed E-state index contributed by atoms with van der Waals surface area (Å²) in [6, 6.07) is -2.61. The first-order valence-electron chi connectivity index (χ1n) is 3.89. The first-order chi connectivity index (χ1) is 5.50. The molecule has 1 saturated carbocycles. The lowest BCUT2D eigenvalue weighted by Gasteiger charge is -2.27. The minimum atomic E-state index is -2.61. The number of hydrogen-bond donors (Lipinski definition) is 0. The van der Waals surface area contributed by atoms with Crippen LogP contribution < -0.4 is 0 Å². The maximum atomic E-state index is 6.19. The van der Waals surface area contributed by atoms with Crippen LogP contribution in [0.2, 0.25) is 5.54 Å². The molecule has 0 aromatic carbocycles. The molecule has 0 aliphatic heterocycles. The number of hydrogen-bond acceptors (Lipinski definition) is 0. The van der Waals surface area contributed by atoms with Gasteiger partial charge in [-0.2, -0.15) is 0 Å². The van der Waals surface area contributed by atoms with Crippen molar-refractivity contribution in [2.45, 2.75) is 17.3 Å². The highest BCUT2D eigenvalue weighted by Gasteiger charge is 2.54. The average Bonchev–Trinajstić information content (AvgIpc) is 2.42. The predicted molar refractivity (Wildman–Crippen MR) is 57.4 cm³/mol. The molecule has 2 aliphatic rings. The van der Waals surface area contributed by atoms with Crippen LogP contribution in [-0.2, 0) is 0 Å². The van der Waals surface area contributed by atoms with Crippen LogP contribution >= 0.6 is 44.8 Å². The van der Waals surface area contributed by atoms with Gasteiger partial charge in [0.1, 0.15) is 0 Å². The second kappa shape index (κ2) is 3.06. The fourth-order valence-corrected chi connectivity index (χ4v) is 7.73. The van der Waals surface area contributed by atoms with Crippen LogP contribution in [0.4, 0.5) is 0 Å². The molecule has 0 heterocycles. The predicted octanol–water partition coefficient (Wildman–Crippen LogP) is 3.83. The highest BCUT2D eigenvalue weighted by molar-refractivity contribution is 7.65. The Balaban J connectivity index is 2.24. The molecule has 2 rings (SSSR count). The van der Waals surface area contributed by atoms with Crippen LogP contribution in [0.25, 0.3) is 0 Å². The molecular weight excluding hydrogens is 254 g/mol. The molecule has 0 nitrogen and oxygen atoms in total. The van der Waals surface area contributed by atoms with E-state index in [0.29, 0.717) is 11.8 Å². The van der Waals surface area contributed by atoms with Gasteiger partial charge in [-0.05, 0) is 18.3 Å². The summed E-state index contributed by atoms with van der Waals surface area (Å²) in [5.41, 5.74) is 0.124. The van der Waals surface area contributed by atoms with Gasteiger partial charge in [-0.3, -0.25) is 0 Å². The molecule has 0 aromatic rings. The second-order valence-electron chi connectivity index (χ2n) is 3.46. The van der Waals surface area contributed by atoms with Gasteiger partial charge in [-0.15, -0.1) is 44.8 Å². The van der Waals surface area contributed by atoms with Gasteiger partial charge in [-0.25, -0.2) is 0 Å². The molecular formula is C7H8Cl4Si. The SMILES string of the molecule is ClC1C2C=CC(C2)C1[Si](Cl)(Cl)Cl. The van der Waals surface area contributed by atoms with Crippen LogP contribution in [0.3, 0.4) is 0 Å². The summed E-state index contributed by atoms with van der Waals surface area (Å²) in [6.07, 6.45) is 5.40. The molecule has 1 fully saturated rings. The van der Waals surface area contributed by atoms with Gasteiger partial charge in [0.05, 0.1) is 0 Å². The van der Waals surface area contributed by atoms with Crippen molar-refractivity contribution in [1.82, 2.24) is 0 Å². The van der Waals surface area contributed by atoms with Crippen LogP contribution in [0, 0.1) is 11.8 Å². The molecule has 0 saturated heterocycles. The fourth-order valence-electron chi connectivity index (χ4n) is 2.19. The molecule has 2 bridgehead atoms. The van der Waals surface area contributed by atoms with E-state index in [2.05, 4.69) is 12.2 Å². The van der Waals surface area contributed by atoms with Crippen molar-refractivity contribution in [1.29, 1.82) is 0 Å². The smallest absolute Gasteiger partial charge is 0.126 e. The summed E-state index contributed by atoms with van der Waals surface area (Å²) in [7, 11) is 0. The van der Waals surface area contributed by atoms with Gasteiger partial charge >= 0.3 is 6.00 Å². The summed E-state index contributed by atoms with van der Waals surface area (Å²) in [6.45, 7) is 0. The van der Waals surface area contributed by atoms with Crippen molar-refractivity contribution >= 4 is 50.8 Å². The average molecular weight is 262 g/mol. The standard InChI is InChI=1S/C7H8Cl4Si/c8-6-4-1-2-5(3-4)7(6)12(9,10)11/h1-2,4-7H,3H2. The molecule has 5 heteroatoms. The van der Waals surface area contributed by atoms with E-state index < -0.39 is 6.00 Å². The molecule has 4 atom stereocenters. The highest BCUT2D eigenvalue weighted by atomic mass is 35.8. The first-order valence-corrected chi connectivity index (χ1v) is 9.44. The molecule has 4 unspecified atom stereocenters. The van der Waals surface area contributed by atoms with Crippen LogP contribution in [0.5, 0.6) is 0 Å². The van der Waals surface area contributed by atoms with Gasteiger partial charge in [0, 0.05) is 10.9 Å². The summed E-state index contributed by atoms with van der Waals surface area (Å²) in [5.74, 6) is 0.876. The summed E-state index contributed by atoms with van der Waals surface area (Å²) in [4.78, 5) is 0. The zero-order valence-corrected chi connectivity index (χ0v) is 10.2. The van der Waals surface area contributed by atoms with E-state index in [4.69, 9.17) is 44.8 Å². The van der Waals surface area contributed by atoms with Crippen molar-refractivity contribution in [3.8, 4) is 0 Å². The van der Waals surface area contributed by atoms with Gasteiger partial charge in [-0.1, -0.05) is 12.2 Å². The second-order valence-corrected chi connectivity index (χ2v) is 12.8. The Kier molecular flexibility index (Phi) is 2.47. The molecule has 0 amide bonds. The lowest BCUT2D eigenvalue weighted by Crippen LogP contribution is -2.30. The molecule has 2 aliphatic carbocycles.